The lowest BCUT2D eigenvalue weighted by Gasteiger charge is -2.39. The van der Waals surface area contributed by atoms with Gasteiger partial charge in [-0.25, -0.2) is 0 Å². The summed E-state index contributed by atoms with van der Waals surface area (Å²) >= 11 is 0. The fourth-order valence-corrected chi connectivity index (χ4v) is 9.31. The highest BCUT2D eigenvalue weighted by Crippen LogP contribution is 2.60. The maximum absolute atomic E-state index is 14.4. The van der Waals surface area contributed by atoms with E-state index >= 15 is 0 Å². The number of nitrogens with zero attached hydrogens (tertiary/aromatic N) is 2. The van der Waals surface area contributed by atoms with Crippen molar-refractivity contribution in [1.82, 2.24) is 0 Å². The minimum atomic E-state index is -2.80. The summed E-state index contributed by atoms with van der Waals surface area (Å²) in [6.07, 6.45) is -0.685. The van der Waals surface area contributed by atoms with E-state index in [1.54, 1.807) is 30.2 Å². The van der Waals surface area contributed by atoms with Gasteiger partial charge in [0.15, 0.2) is 20.1 Å². The van der Waals surface area contributed by atoms with E-state index in [2.05, 4.69) is 0 Å². The van der Waals surface area contributed by atoms with Crippen LogP contribution in [0.3, 0.4) is 0 Å². The number of benzene rings is 2. The van der Waals surface area contributed by atoms with Gasteiger partial charge < -0.3 is 29.0 Å². The number of esters is 1. The second-order valence-corrected chi connectivity index (χ2v) is 15.3. The molecule has 0 aromatic heterocycles. The van der Waals surface area contributed by atoms with Gasteiger partial charge in [0.1, 0.15) is 5.75 Å². The van der Waals surface area contributed by atoms with E-state index in [9.17, 15) is 24.3 Å². The molecule has 1 spiro atoms. The van der Waals surface area contributed by atoms with Crippen LogP contribution < -0.4 is 14.5 Å². The number of hydrogen-bond donors (Lipinski definition) is 2. The summed E-state index contributed by atoms with van der Waals surface area (Å²) in [6, 6.07) is 12.7. The molecular weight excluding hydrogens is 532 g/mol. The Balaban J connectivity index is 1.52. The van der Waals surface area contributed by atoms with Crippen molar-refractivity contribution in [3.63, 3.8) is 0 Å². The van der Waals surface area contributed by atoms with Crippen LogP contribution >= 0.6 is 0 Å². The van der Waals surface area contributed by atoms with E-state index in [-0.39, 0.29) is 42.8 Å². The predicted octanol–water partition coefficient (Wildman–Crippen LogP) is 3.05. The molecule has 2 amide bonds. The lowest BCUT2D eigenvalue weighted by molar-refractivity contribution is -0.154. The van der Waals surface area contributed by atoms with Crippen molar-refractivity contribution in [2.75, 3.05) is 23.5 Å². The van der Waals surface area contributed by atoms with Gasteiger partial charge in [-0.05, 0) is 55.4 Å². The third kappa shape index (κ3) is 4.50. The maximum Gasteiger partial charge on any atom is 0.304 e. The van der Waals surface area contributed by atoms with Gasteiger partial charge in [0.2, 0.25) is 5.91 Å². The van der Waals surface area contributed by atoms with Crippen molar-refractivity contribution in [1.29, 1.82) is 0 Å². The van der Waals surface area contributed by atoms with Crippen molar-refractivity contribution in [2.24, 2.45) is 5.92 Å². The molecule has 2 aromatic carbocycles. The highest BCUT2D eigenvalue weighted by Gasteiger charge is 2.66. The Morgan fingerprint density at radius 2 is 1.95 bits per heavy atom. The van der Waals surface area contributed by atoms with E-state index in [0.29, 0.717) is 29.1 Å². The van der Waals surface area contributed by atoms with Gasteiger partial charge in [-0.3, -0.25) is 19.3 Å². The van der Waals surface area contributed by atoms with E-state index in [0.717, 1.165) is 5.56 Å². The van der Waals surface area contributed by atoms with Crippen LogP contribution in [0.25, 0.3) is 0 Å². The Morgan fingerprint density at radius 3 is 2.58 bits per heavy atom. The summed E-state index contributed by atoms with van der Waals surface area (Å²) in [6.45, 7) is 7.03. The molecule has 2 fully saturated rings. The number of amides is 2. The molecular formula is C29H36N2O8Si. The van der Waals surface area contributed by atoms with Gasteiger partial charge in [-0.2, -0.15) is 0 Å². The molecule has 3 aliphatic rings. The zero-order chi connectivity index (χ0) is 29.0. The fourth-order valence-electron chi connectivity index (χ4n) is 6.71. The standard InChI is InChI=1S/C29H36N2O8Si/c1-17-27(40(4,5)36)24(11-12-32)39-29(17)22-14-21(37-3)9-10-23(22)30(28(29)35)16-19-7-6-8-20(13-19)31-25(34)15-26(31)38-18(2)33/h6-10,13-14,17,24,26-27,32,36H,11-12,15-16H2,1-5H3/t17-,24+,26?,27-,29+/m0/s1. The van der Waals surface area contributed by atoms with E-state index in [4.69, 9.17) is 14.2 Å². The first kappa shape index (κ1) is 28.3. The number of carbonyl (C=O) groups is 3. The van der Waals surface area contributed by atoms with Gasteiger partial charge in [0.25, 0.3) is 5.91 Å². The number of aliphatic hydroxyl groups is 1. The Hall–Kier alpha value is -3.25. The summed E-state index contributed by atoms with van der Waals surface area (Å²) < 4.78 is 17.4. The molecule has 1 unspecified atom stereocenters. The molecule has 10 nitrogen and oxygen atoms in total. The molecule has 5 rings (SSSR count). The van der Waals surface area contributed by atoms with Crippen molar-refractivity contribution in [3.8, 4) is 5.75 Å². The third-order valence-corrected chi connectivity index (χ3v) is 10.8. The Bertz CT molecular complexity index is 1340. The maximum atomic E-state index is 14.4. The largest absolute Gasteiger partial charge is 0.497 e. The normalized spacial score (nSPS) is 27.7. The van der Waals surface area contributed by atoms with Crippen molar-refractivity contribution in [3.05, 3.63) is 53.6 Å². The van der Waals surface area contributed by atoms with Crippen molar-refractivity contribution >= 4 is 37.5 Å². The minimum absolute atomic E-state index is 0.117. The topological polar surface area (TPSA) is 126 Å². The van der Waals surface area contributed by atoms with Crippen molar-refractivity contribution in [2.45, 2.75) is 69.8 Å². The molecule has 3 aliphatic heterocycles. The first-order chi connectivity index (χ1) is 18.9. The summed E-state index contributed by atoms with van der Waals surface area (Å²) in [4.78, 5) is 52.6. The number of fused-ring (bicyclic) bond motifs is 2. The SMILES string of the molecule is COc1ccc2c(c1)[C@@]1(O[C@H](CCO)[C@@H]([Si](C)(C)O)[C@@H]1C)C(=O)N2Cc1cccc(N2C(=O)CC2OC(C)=O)c1. The highest BCUT2D eigenvalue weighted by molar-refractivity contribution is 6.71. The summed E-state index contributed by atoms with van der Waals surface area (Å²) in [5.41, 5.74) is 1.10. The number of hydrogen-bond acceptors (Lipinski definition) is 8. The quantitative estimate of drug-likeness (QED) is 0.283. The van der Waals surface area contributed by atoms with Crippen LogP contribution in [0, 0.1) is 5.92 Å². The van der Waals surface area contributed by atoms with E-state index in [1.165, 1.54) is 11.8 Å². The van der Waals surface area contributed by atoms with Crippen LogP contribution in [0.1, 0.15) is 37.8 Å². The van der Waals surface area contributed by atoms with E-state index in [1.807, 2.05) is 44.3 Å². The average molecular weight is 569 g/mol. The molecule has 5 atom stereocenters. The summed E-state index contributed by atoms with van der Waals surface area (Å²) in [7, 11) is -1.24. The number of anilines is 2. The lowest BCUT2D eigenvalue weighted by Crippen LogP contribution is -2.54. The predicted molar refractivity (Wildman–Crippen MR) is 149 cm³/mol. The Labute approximate surface area is 234 Å². The fraction of sp³-hybridized carbons (Fsp3) is 0.483. The molecule has 2 aromatic rings. The van der Waals surface area contributed by atoms with Crippen LogP contribution in [0.5, 0.6) is 5.75 Å². The molecule has 2 saturated heterocycles. The number of rotatable bonds is 8. The number of carbonyl (C=O) groups excluding carboxylic acids is 3. The zero-order valence-corrected chi connectivity index (χ0v) is 24.4. The third-order valence-electron chi connectivity index (χ3n) is 8.34. The molecule has 40 heavy (non-hydrogen) atoms. The van der Waals surface area contributed by atoms with Gasteiger partial charge in [0.05, 0.1) is 31.9 Å². The van der Waals surface area contributed by atoms with Crippen LogP contribution in [-0.4, -0.2) is 62.1 Å². The monoisotopic (exact) mass is 568 g/mol. The molecule has 3 heterocycles. The van der Waals surface area contributed by atoms with Gasteiger partial charge in [-0.1, -0.05) is 19.1 Å². The van der Waals surface area contributed by atoms with Crippen molar-refractivity contribution < 1.29 is 38.5 Å². The van der Waals surface area contributed by atoms with E-state index < -0.39 is 32.2 Å². The number of ether oxygens (including phenoxy) is 3. The first-order valence-electron chi connectivity index (χ1n) is 13.5. The molecule has 214 valence electrons. The Morgan fingerprint density at radius 1 is 1.20 bits per heavy atom. The molecule has 0 aliphatic carbocycles. The smallest absolute Gasteiger partial charge is 0.304 e. The minimum Gasteiger partial charge on any atom is -0.497 e. The lowest BCUT2D eigenvalue weighted by atomic mass is 9.82. The van der Waals surface area contributed by atoms with Gasteiger partial charge in [0, 0.05) is 36.2 Å². The average Bonchev–Trinajstić information content (AvgIpc) is 3.30. The highest BCUT2D eigenvalue weighted by atomic mass is 28.4. The second kappa shape index (κ2) is 10.3. The number of methoxy groups -OCH3 is 1. The molecule has 0 radical (unpaired) electrons. The van der Waals surface area contributed by atoms with Gasteiger partial charge >= 0.3 is 5.97 Å². The summed E-state index contributed by atoms with van der Waals surface area (Å²) in [5, 5.41) is 9.78. The second-order valence-electron chi connectivity index (χ2n) is 11.3. The van der Waals surface area contributed by atoms with Crippen LogP contribution in [0.15, 0.2) is 42.5 Å². The number of β-lactam (4-membered cyclic amide) rings is 1. The van der Waals surface area contributed by atoms with Gasteiger partial charge in [-0.15, -0.1) is 0 Å². The summed E-state index contributed by atoms with van der Waals surface area (Å²) in [5.74, 6) is -0.622. The molecule has 0 bridgehead atoms. The Kier molecular flexibility index (Phi) is 7.28. The van der Waals surface area contributed by atoms with Crippen LogP contribution in [0.4, 0.5) is 11.4 Å². The molecule has 0 saturated carbocycles. The molecule has 11 heteroatoms. The van der Waals surface area contributed by atoms with Crippen LogP contribution in [-0.2, 0) is 36.0 Å². The first-order valence-corrected chi connectivity index (χ1v) is 16.5. The number of aliphatic hydroxyl groups excluding tert-OH is 1. The van der Waals surface area contributed by atoms with Crippen LogP contribution in [0.2, 0.25) is 18.6 Å². The molecule has 2 N–H and O–H groups in total. The zero-order valence-electron chi connectivity index (χ0n) is 23.4.